The van der Waals surface area contributed by atoms with E-state index in [4.69, 9.17) is 0 Å². The van der Waals surface area contributed by atoms with Gasteiger partial charge in [-0.15, -0.1) is 0 Å². The van der Waals surface area contributed by atoms with Gasteiger partial charge >= 0.3 is 0 Å². The van der Waals surface area contributed by atoms with Gasteiger partial charge in [0, 0.05) is 17.7 Å². The average molecular weight is 235 g/mol. The van der Waals surface area contributed by atoms with E-state index in [0.29, 0.717) is 0 Å². The predicted octanol–water partition coefficient (Wildman–Crippen LogP) is 3.12. The Kier molecular flexibility index (Phi) is 1.66. The van der Waals surface area contributed by atoms with Gasteiger partial charge in [-0.25, -0.2) is 0 Å². The Morgan fingerprint density at radius 1 is 1.06 bits per heavy atom. The van der Waals surface area contributed by atoms with Crippen molar-refractivity contribution in [3.8, 4) is 0 Å². The summed E-state index contributed by atoms with van der Waals surface area (Å²) in [5, 5.41) is 0. The molecule has 2 heterocycles. The predicted molar refractivity (Wildman–Crippen MR) is 70.7 cm³/mol. The molecule has 0 radical (unpaired) electrons. The summed E-state index contributed by atoms with van der Waals surface area (Å²) in [6, 6.07) is 16.2. The van der Waals surface area contributed by atoms with Crippen LogP contribution in [0.15, 0.2) is 48.5 Å². The number of hydrogen-bond donors (Lipinski definition) is 0. The summed E-state index contributed by atoms with van der Waals surface area (Å²) in [7, 11) is 0. The van der Waals surface area contributed by atoms with E-state index in [9.17, 15) is 4.79 Å². The molecule has 0 saturated heterocycles. The maximum absolute atomic E-state index is 12.6. The molecule has 88 valence electrons. The Morgan fingerprint density at radius 3 is 2.67 bits per heavy atom. The normalized spacial score (nSPS) is 23.8. The standard InChI is InChI=1S/C16H13NO/c1-16-10-11-6-2-5-9-14(11)17(16)15(18)12-7-3-4-8-13(12)16/h2-9H,10H2,1H3. The van der Waals surface area contributed by atoms with Crippen LogP contribution in [0.2, 0.25) is 0 Å². The third kappa shape index (κ3) is 0.969. The summed E-state index contributed by atoms with van der Waals surface area (Å²) in [5.74, 6) is 0.137. The highest BCUT2D eigenvalue weighted by molar-refractivity contribution is 6.13. The molecule has 18 heavy (non-hydrogen) atoms. The van der Waals surface area contributed by atoms with Crippen molar-refractivity contribution in [3.63, 3.8) is 0 Å². The van der Waals surface area contributed by atoms with Crippen molar-refractivity contribution in [3.05, 3.63) is 65.2 Å². The second-order valence-corrected chi connectivity index (χ2v) is 5.27. The van der Waals surface area contributed by atoms with Crippen molar-refractivity contribution in [1.82, 2.24) is 0 Å². The molecule has 4 rings (SSSR count). The Morgan fingerprint density at radius 2 is 1.78 bits per heavy atom. The number of carbonyl (C=O) groups is 1. The van der Waals surface area contributed by atoms with E-state index >= 15 is 0 Å². The van der Waals surface area contributed by atoms with Gasteiger partial charge in [-0.05, 0) is 30.2 Å². The lowest BCUT2D eigenvalue weighted by Crippen LogP contribution is -2.38. The molecule has 1 unspecified atom stereocenters. The molecule has 2 nitrogen and oxygen atoms in total. The third-order valence-corrected chi connectivity index (χ3v) is 4.20. The molecule has 0 aliphatic carbocycles. The minimum absolute atomic E-state index is 0.137. The zero-order valence-corrected chi connectivity index (χ0v) is 10.2. The van der Waals surface area contributed by atoms with Crippen molar-refractivity contribution in [1.29, 1.82) is 0 Å². The van der Waals surface area contributed by atoms with Crippen molar-refractivity contribution >= 4 is 11.6 Å². The molecule has 0 fully saturated rings. The first-order chi connectivity index (χ1) is 8.72. The lowest BCUT2D eigenvalue weighted by Gasteiger charge is -2.28. The highest BCUT2D eigenvalue weighted by Gasteiger charge is 2.51. The summed E-state index contributed by atoms with van der Waals surface area (Å²) in [6.07, 6.45) is 0.909. The number of rotatable bonds is 0. The Bertz CT molecular complexity index is 676. The van der Waals surface area contributed by atoms with Crippen LogP contribution in [0.4, 0.5) is 5.69 Å². The number of fused-ring (bicyclic) bond motifs is 5. The van der Waals surface area contributed by atoms with Gasteiger partial charge in [-0.2, -0.15) is 0 Å². The van der Waals surface area contributed by atoms with Gasteiger partial charge in [0.25, 0.3) is 5.91 Å². The van der Waals surface area contributed by atoms with Gasteiger partial charge < -0.3 is 0 Å². The van der Waals surface area contributed by atoms with E-state index in [1.165, 1.54) is 5.56 Å². The summed E-state index contributed by atoms with van der Waals surface area (Å²) in [6.45, 7) is 2.16. The maximum atomic E-state index is 12.6. The molecule has 1 amide bonds. The number of carbonyl (C=O) groups excluding carboxylic acids is 1. The molecular weight excluding hydrogens is 222 g/mol. The second-order valence-electron chi connectivity index (χ2n) is 5.27. The first-order valence-electron chi connectivity index (χ1n) is 6.24. The van der Waals surface area contributed by atoms with Gasteiger partial charge in [0.1, 0.15) is 0 Å². The molecule has 2 aromatic rings. The number of hydrogen-bond acceptors (Lipinski definition) is 1. The Hall–Kier alpha value is -2.09. The van der Waals surface area contributed by atoms with E-state index in [1.54, 1.807) is 0 Å². The van der Waals surface area contributed by atoms with Crippen molar-refractivity contribution < 1.29 is 4.79 Å². The van der Waals surface area contributed by atoms with Crippen LogP contribution in [-0.2, 0) is 12.0 Å². The van der Waals surface area contributed by atoms with Crippen LogP contribution in [-0.4, -0.2) is 5.91 Å². The van der Waals surface area contributed by atoms with Crippen LogP contribution in [0.1, 0.15) is 28.4 Å². The molecule has 0 saturated carbocycles. The van der Waals surface area contributed by atoms with Crippen LogP contribution in [0, 0.1) is 0 Å². The largest absolute Gasteiger partial charge is 0.298 e. The smallest absolute Gasteiger partial charge is 0.259 e. The van der Waals surface area contributed by atoms with E-state index < -0.39 is 0 Å². The SMILES string of the molecule is CC12Cc3ccccc3N1C(=O)c1ccccc12. The fourth-order valence-electron chi connectivity index (χ4n) is 3.40. The lowest BCUT2D eigenvalue weighted by atomic mass is 9.88. The van der Waals surface area contributed by atoms with E-state index in [1.807, 2.05) is 41.3 Å². The number of amides is 1. The molecule has 2 aromatic carbocycles. The van der Waals surface area contributed by atoms with Crippen LogP contribution >= 0.6 is 0 Å². The van der Waals surface area contributed by atoms with Gasteiger partial charge in [0.05, 0.1) is 5.54 Å². The zero-order chi connectivity index (χ0) is 12.3. The van der Waals surface area contributed by atoms with Crippen molar-refractivity contribution in [2.45, 2.75) is 18.9 Å². The molecule has 2 aliphatic rings. The molecule has 0 N–H and O–H groups in total. The van der Waals surface area contributed by atoms with Crippen LogP contribution in [0.3, 0.4) is 0 Å². The number of para-hydroxylation sites is 1. The minimum atomic E-state index is -0.197. The Balaban J connectivity index is 2.01. The average Bonchev–Trinajstić information content (AvgIpc) is 2.81. The molecule has 0 spiro atoms. The first kappa shape index (κ1) is 9.89. The van der Waals surface area contributed by atoms with Crippen LogP contribution in [0.25, 0.3) is 0 Å². The van der Waals surface area contributed by atoms with E-state index in [2.05, 4.69) is 19.1 Å². The molecular formula is C16H13NO. The van der Waals surface area contributed by atoms with Crippen molar-refractivity contribution in [2.24, 2.45) is 0 Å². The highest BCUT2D eigenvalue weighted by Crippen LogP contribution is 2.50. The summed E-state index contributed by atoms with van der Waals surface area (Å²) >= 11 is 0. The second kappa shape index (κ2) is 3.02. The van der Waals surface area contributed by atoms with Gasteiger partial charge in [0.2, 0.25) is 0 Å². The lowest BCUT2D eigenvalue weighted by molar-refractivity contribution is 0.0983. The fraction of sp³-hybridized carbons (Fsp3) is 0.188. The summed E-state index contributed by atoms with van der Waals surface area (Å²) in [4.78, 5) is 14.5. The topological polar surface area (TPSA) is 20.3 Å². The number of nitrogens with zero attached hydrogens (tertiary/aromatic N) is 1. The number of anilines is 1. The van der Waals surface area contributed by atoms with E-state index in [-0.39, 0.29) is 11.4 Å². The molecule has 2 aliphatic heterocycles. The fourth-order valence-corrected chi connectivity index (χ4v) is 3.40. The molecule has 0 aromatic heterocycles. The highest BCUT2D eigenvalue weighted by atomic mass is 16.2. The summed E-state index contributed by atoms with van der Waals surface area (Å²) in [5.41, 5.74) is 4.15. The zero-order valence-electron chi connectivity index (χ0n) is 10.2. The molecule has 0 bridgehead atoms. The van der Waals surface area contributed by atoms with Gasteiger partial charge in [-0.1, -0.05) is 36.4 Å². The molecule has 1 atom stereocenters. The third-order valence-electron chi connectivity index (χ3n) is 4.20. The Labute approximate surface area is 106 Å². The van der Waals surface area contributed by atoms with Gasteiger partial charge in [-0.3, -0.25) is 9.69 Å². The quantitative estimate of drug-likeness (QED) is 0.687. The van der Waals surface area contributed by atoms with Crippen LogP contribution in [0.5, 0.6) is 0 Å². The molecule has 2 heteroatoms. The minimum Gasteiger partial charge on any atom is -0.298 e. The van der Waals surface area contributed by atoms with Crippen LogP contribution < -0.4 is 4.90 Å². The first-order valence-corrected chi connectivity index (χ1v) is 6.24. The van der Waals surface area contributed by atoms with Crippen molar-refractivity contribution in [2.75, 3.05) is 4.90 Å². The maximum Gasteiger partial charge on any atom is 0.259 e. The number of benzene rings is 2. The summed E-state index contributed by atoms with van der Waals surface area (Å²) < 4.78 is 0. The monoisotopic (exact) mass is 235 g/mol. The van der Waals surface area contributed by atoms with E-state index in [0.717, 1.165) is 23.2 Å². The van der Waals surface area contributed by atoms with Gasteiger partial charge in [0.15, 0.2) is 0 Å².